The maximum Gasteiger partial charge on any atom is 0.255 e. The minimum absolute atomic E-state index is 0.0328. The second-order valence-corrected chi connectivity index (χ2v) is 6.38. The number of hydrogen-bond acceptors (Lipinski definition) is 6. The fourth-order valence-electron chi connectivity index (χ4n) is 3.55. The lowest BCUT2D eigenvalue weighted by Gasteiger charge is -2.33. The maximum atomic E-state index is 6.18. The number of hydrogen-bond donors (Lipinski definition) is 0. The monoisotopic (exact) mass is 303 g/mol. The molecule has 2 saturated heterocycles. The molecule has 0 spiro atoms. The Morgan fingerprint density at radius 2 is 2.32 bits per heavy atom. The number of rotatable bonds is 3. The van der Waals surface area contributed by atoms with E-state index in [4.69, 9.17) is 9.26 Å². The first-order valence-corrected chi connectivity index (χ1v) is 7.83. The van der Waals surface area contributed by atoms with Crippen molar-refractivity contribution in [3.8, 4) is 0 Å². The van der Waals surface area contributed by atoms with E-state index in [0.29, 0.717) is 17.6 Å². The van der Waals surface area contributed by atoms with E-state index in [-0.39, 0.29) is 12.2 Å². The standard InChI is InChI=1S/C15H21N5O2/c1-10-17-15(22-18-10)13-5-12-3-4-20(9-14(12)21-13)8-11-6-16-19(2)7-11/h6-7,12-14H,3-5,8-9H2,1-2H3/t12-,13-,14+/m1/s1. The van der Waals surface area contributed by atoms with Crippen molar-refractivity contribution in [1.29, 1.82) is 0 Å². The van der Waals surface area contributed by atoms with Gasteiger partial charge < -0.3 is 9.26 Å². The number of piperidine rings is 1. The van der Waals surface area contributed by atoms with Gasteiger partial charge in [-0.25, -0.2) is 0 Å². The van der Waals surface area contributed by atoms with Crippen LogP contribution in [-0.4, -0.2) is 44.0 Å². The van der Waals surface area contributed by atoms with Crippen LogP contribution in [0.25, 0.3) is 0 Å². The van der Waals surface area contributed by atoms with E-state index in [0.717, 1.165) is 32.5 Å². The van der Waals surface area contributed by atoms with Crippen molar-refractivity contribution < 1.29 is 9.26 Å². The highest BCUT2D eigenvalue weighted by molar-refractivity contribution is 5.04. The summed E-state index contributed by atoms with van der Waals surface area (Å²) in [6.07, 6.45) is 6.40. The molecule has 2 aliphatic heterocycles. The van der Waals surface area contributed by atoms with Crippen LogP contribution in [0.2, 0.25) is 0 Å². The molecule has 0 bridgehead atoms. The third kappa shape index (κ3) is 2.66. The molecule has 0 saturated carbocycles. The van der Waals surface area contributed by atoms with Gasteiger partial charge in [0, 0.05) is 31.9 Å². The molecule has 0 aromatic carbocycles. The molecule has 2 fully saturated rings. The van der Waals surface area contributed by atoms with Crippen LogP contribution in [-0.2, 0) is 18.3 Å². The fraction of sp³-hybridized carbons (Fsp3) is 0.667. The molecule has 118 valence electrons. The van der Waals surface area contributed by atoms with Crippen molar-refractivity contribution in [2.75, 3.05) is 13.1 Å². The molecule has 0 radical (unpaired) electrons. The van der Waals surface area contributed by atoms with Crippen LogP contribution < -0.4 is 0 Å². The largest absolute Gasteiger partial charge is 0.364 e. The lowest BCUT2D eigenvalue weighted by molar-refractivity contribution is -0.0189. The van der Waals surface area contributed by atoms with E-state index in [1.807, 2.05) is 24.9 Å². The first-order valence-electron chi connectivity index (χ1n) is 7.83. The molecular formula is C15H21N5O2. The number of aryl methyl sites for hydroxylation is 2. The minimum Gasteiger partial charge on any atom is -0.364 e. The number of aromatic nitrogens is 4. The van der Waals surface area contributed by atoms with Gasteiger partial charge in [-0.05, 0) is 32.2 Å². The zero-order valence-electron chi connectivity index (χ0n) is 13.0. The first-order chi connectivity index (χ1) is 10.7. The Morgan fingerprint density at radius 1 is 1.41 bits per heavy atom. The molecule has 0 amide bonds. The fourth-order valence-corrected chi connectivity index (χ4v) is 3.55. The Balaban J connectivity index is 1.39. The van der Waals surface area contributed by atoms with Crippen LogP contribution in [0.4, 0.5) is 0 Å². The third-order valence-corrected chi connectivity index (χ3v) is 4.62. The second kappa shape index (κ2) is 5.48. The van der Waals surface area contributed by atoms with Crippen LogP contribution in [0.15, 0.2) is 16.9 Å². The predicted molar refractivity (Wildman–Crippen MR) is 77.9 cm³/mol. The molecule has 3 atom stereocenters. The topological polar surface area (TPSA) is 69.2 Å². The SMILES string of the molecule is Cc1noc([C@H]2C[C@H]3CCN(Cc4cnn(C)c4)C[C@@H]3O2)n1. The van der Waals surface area contributed by atoms with Crippen molar-refractivity contribution in [3.05, 3.63) is 29.7 Å². The quantitative estimate of drug-likeness (QED) is 0.855. The summed E-state index contributed by atoms with van der Waals surface area (Å²) >= 11 is 0. The van der Waals surface area contributed by atoms with Gasteiger partial charge in [0.2, 0.25) is 0 Å². The van der Waals surface area contributed by atoms with Gasteiger partial charge in [0.1, 0.15) is 6.10 Å². The minimum atomic E-state index is -0.0328. The van der Waals surface area contributed by atoms with Gasteiger partial charge in [0.25, 0.3) is 5.89 Å². The van der Waals surface area contributed by atoms with Gasteiger partial charge in [-0.1, -0.05) is 5.16 Å². The summed E-state index contributed by atoms with van der Waals surface area (Å²) in [4.78, 5) is 6.76. The molecule has 4 heterocycles. The molecule has 7 heteroatoms. The normalized spacial score (nSPS) is 28.9. The lowest BCUT2D eigenvalue weighted by atomic mass is 9.91. The van der Waals surface area contributed by atoms with E-state index in [2.05, 4.69) is 26.3 Å². The van der Waals surface area contributed by atoms with Crippen molar-refractivity contribution in [1.82, 2.24) is 24.8 Å². The van der Waals surface area contributed by atoms with Crippen LogP contribution in [0.1, 0.15) is 36.2 Å². The summed E-state index contributed by atoms with van der Waals surface area (Å²) < 4.78 is 13.3. The molecule has 7 nitrogen and oxygen atoms in total. The van der Waals surface area contributed by atoms with Crippen molar-refractivity contribution in [2.45, 2.75) is 38.5 Å². The molecule has 2 aromatic rings. The first kappa shape index (κ1) is 13.9. The zero-order valence-corrected chi connectivity index (χ0v) is 13.0. The molecule has 22 heavy (non-hydrogen) atoms. The van der Waals surface area contributed by atoms with Gasteiger partial charge in [-0.15, -0.1) is 0 Å². The molecule has 0 N–H and O–H groups in total. The number of likely N-dealkylation sites (tertiary alicyclic amines) is 1. The van der Waals surface area contributed by atoms with Crippen molar-refractivity contribution in [3.63, 3.8) is 0 Å². The molecule has 2 aliphatic rings. The Bertz CT molecular complexity index is 652. The summed E-state index contributed by atoms with van der Waals surface area (Å²) in [7, 11) is 1.95. The number of ether oxygens (including phenoxy) is 1. The smallest absolute Gasteiger partial charge is 0.255 e. The van der Waals surface area contributed by atoms with Crippen molar-refractivity contribution in [2.24, 2.45) is 13.0 Å². The number of nitrogens with zero attached hydrogens (tertiary/aromatic N) is 5. The average Bonchev–Trinajstić information content (AvgIpc) is 3.18. The van der Waals surface area contributed by atoms with Gasteiger partial charge in [0.15, 0.2) is 5.82 Å². The zero-order chi connectivity index (χ0) is 15.1. The Morgan fingerprint density at radius 3 is 3.05 bits per heavy atom. The van der Waals surface area contributed by atoms with Gasteiger partial charge >= 0.3 is 0 Å². The molecule has 4 rings (SSSR count). The third-order valence-electron chi connectivity index (χ3n) is 4.62. The van der Waals surface area contributed by atoms with E-state index < -0.39 is 0 Å². The Labute approximate surface area is 129 Å². The number of fused-ring (bicyclic) bond motifs is 1. The maximum absolute atomic E-state index is 6.18. The summed E-state index contributed by atoms with van der Waals surface area (Å²) in [6, 6.07) is 0. The highest BCUT2D eigenvalue weighted by Crippen LogP contribution is 2.40. The lowest BCUT2D eigenvalue weighted by Crippen LogP contribution is -2.41. The van der Waals surface area contributed by atoms with E-state index in [1.54, 1.807) is 0 Å². The molecular weight excluding hydrogens is 282 g/mol. The highest BCUT2D eigenvalue weighted by atomic mass is 16.5. The van der Waals surface area contributed by atoms with E-state index in [1.165, 1.54) is 5.56 Å². The summed E-state index contributed by atoms with van der Waals surface area (Å²) in [5.74, 6) is 1.90. The second-order valence-electron chi connectivity index (χ2n) is 6.38. The van der Waals surface area contributed by atoms with E-state index in [9.17, 15) is 0 Å². The van der Waals surface area contributed by atoms with E-state index >= 15 is 0 Å². The summed E-state index contributed by atoms with van der Waals surface area (Å²) in [5.41, 5.74) is 1.25. The molecule has 0 aliphatic carbocycles. The van der Waals surface area contributed by atoms with Gasteiger partial charge in [0.05, 0.1) is 12.3 Å². The van der Waals surface area contributed by atoms with Gasteiger partial charge in [-0.2, -0.15) is 10.1 Å². The van der Waals surface area contributed by atoms with Crippen LogP contribution in [0, 0.1) is 12.8 Å². The van der Waals surface area contributed by atoms with Crippen LogP contribution in [0.5, 0.6) is 0 Å². The van der Waals surface area contributed by atoms with Crippen molar-refractivity contribution >= 4 is 0 Å². The Kier molecular flexibility index (Phi) is 3.46. The summed E-state index contributed by atoms with van der Waals surface area (Å²) in [5, 5.41) is 8.10. The summed E-state index contributed by atoms with van der Waals surface area (Å²) in [6.45, 7) is 4.84. The molecule has 0 unspecified atom stereocenters. The predicted octanol–water partition coefficient (Wildman–Crippen LogP) is 1.46. The van der Waals surface area contributed by atoms with Crippen LogP contribution in [0.3, 0.4) is 0 Å². The van der Waals surface area contributed by atoms with Gasteiger partial charge in [-0.3, -0.25) is 9.58 Å². The highest BCUT2D eigenvalue weighted by Gasteiger charge is 2.41. The average molecular weight is 303 g/mol. The Hall–Kier alpha value is -1.73. The van der Waals surface area contributed by atoms with Crippen LogP contribution >= 0.6 is 0 Å². The molecule has 2 aromatic heterocycles.